The molecule has 0 bridgehead atoms. The van der Waals surface area contributed by atoms with Crippen LogP contribution in [-0.4, -0.2) is 9.55 Å². The molecule has 2 aromatic heterocycles. The van der Waals surface area contributed by atoms with Crippen molar-refractivity contribution in [3.63, 3.8) is 0 Å². The van der Waals surface area contributed by atoms with Crippen molar-refractivity contribution >= 4 is 33.3 Å². The summed E-state index contributed by atoms with van der Waals surface area (Å²) in [4.78, 5) is 20.9. The van der Waals surface area contributed by atoms with Gasteiger partial charge in [0.25, 0.3) is 5.56 Å². The zero-order valence-electron chi connectivity index (χ0n) is 17.2. The van der Waals surface area contributed by atoms with E-state index in [1.54, 1.807) is 15.9 Å². The molecule has 0 fully saturated rings. The smallest absolute Gasteiger partial charge is 0.267 e. The van der Waals surface area contributed by atoms with Crippen LogP contribution >= 0.6 is 23.1 Å². The fourth-order valence-electron chi connectivity index (χ4n) is 4.10. The number of rotatable bonds is 4. The molecule has 0 unspecified atom stereocenters. The van der Waals surface area contributed by atoms with E-state index >= 15 is 0 Å². The standard InChI is InChI=1S/C25H21N3OS2/c1-16-10-12-19(13-11-16)28-24(29)22-20-8-4-5-9-21(20)31-23(22)27-25(28)30-15-18-7-3-2-6-17(18)14-26/h2-3,6-7,10-13H,4-5,8-9,15H2,1H3. The third-order valence-corrected chi connectivity index (χ3v) is 7.92. The minimum atomic E-state index is 0.0179. The summed E-state index contributed by atoms with van der Waals surface area (Å²) in [5, 5.41) is 10.9. The van der Waals surface area contributed by atoms with Gasteiger partial charge < -0.3 is 0 Å². The predicted octanol–water partition coefficient (Wildman–Crippen LogP) is 5.80. The SMILES string of the molecule is Cc1ccc(-n2c(SCc3ccccc3C#N)nc3sc4c(c3c2=O)CCCC4)cc1. The van der Waals surface area contributed by atoms with Crippen molar-refractivity contribution in [1.29, 1.82) is 5.26 Å². The fourth-order valence-corrected chi connectivity index (χ4v) is 6.42. The Bertz CT molecular complexity index is 1380. The molecule has 5 rings (SSSR count). The third-order valence-electron chi connectivity index (χ3n) is 5.74. The van der Waals surface area contributed by atoms with Crippen LogP contribution in [0.3, 0.4) is 0 Å². The molecule has 1 aliphatic carbocycles. The molecule has 0 saturated heterocycles. The van der Waals surface area contributed by atoms with Crippen LogP contribution in [0.5, 0.6) is 0 Å². The van der Waals surface area contributed by atoms with E-state index < -0.39 is 0 Å². The van der Waals surface area contributed by atoms with Crippen LogP contribution < -0.4 is 5.56 Å². The van der Waals surface area contributed by atoms with Crippen molar-refractivity contribution < 1.29 is 0 Å². The minimum absolute atomic E-state index is 0.0179. The summed E-state index contributed by atoms with van der Waals surface area (Å²) in [6, 6.07) is 17.9. The first-order valence-corrected chi connectivity index (χ1v) is 12.2. The second-order valence-electron chi connectivity index (χ2n) is 7.82. The summed E-state index contributed by atoms with van der Waals surface area (Å²) < 4.78 is 1.75. The number of benzene rings is 2. The van der Waals surface area contributed by atoms with Crippen molar-refractivity contribution in [2.75, 3.05) is 0 Å². The summed E-state index contributed by atoms with van der Waals surface area (Å²) in [6.07, 6.45) is 4.31. The molecule has 0 spiro atoms. The summed E-state index contributed by atoms with van der Waals surface area (Å²) in [5.41, 5.74) is 4.81. The van der Waals surface area contributed by atoms with Crippen LogP contribution in [0.2, 0.25) is 0 Å². The zero-order chi connectivity index (χ0) is 21.4. The highest BCUT2D eigenvalue weighted by atomic mass is 32.2. The number of hydrogen-bond acceptors (Lipinski definition) is 5. The first-order chi connectivity index (χ1) is 15.2. The van der Waals surface area contributed by atoms with Gasteiger partial charge in [0.15, 0.2) is 5.16 Å². The Morgan fingerprint density at radius 1 is 1.13 bits per heavy atom. The quantitative estimate of drug-likeness (QED) is 0.295. The van der Waals surface area contributed by atoms with Gasteiger partial charge in [-0.3, -0.25) is 9.36 Å². The third kappa shape index (κ3) is 3.69. The van der Waals surface area contributed by atoms with Crippen molar-refractivity contribution in [1.82, 2.24) is 9.55 Å². The number of thiophene rings is 1. The lowest BCUT2D eigenvalue weighted by molar-refractivity contribution is 0.699. The van der Waals surface area contributed by atoms with Crippen LogP contribution in [0.1, 0.15) is 40.0 Å². The summed E-state index contributed by atoms with van der Waals surface area (Å²) in [7, 11) is 0. The summed E-state index contributed by atoms with van der Waals surface area (Å²) >= 11 is 3.18. The van der Waals surface area contributed by atoms with Gasteiger partial charge in [-0.05, 0) is 61.9 Å². The van der Waals surface area contributed by atoms with Gasteiger partial charge in [0.05, 0.1) is 22.7 Å². The van der Waals surface area contributed by atoms with Crippen LogP contribution in [0.15, 0.2) is 58.5 Å². The second kappa shape index (κ2) is 8.33. The number of nitrogens with zero attached hydrogens (tertiary/aromatic N) is 3. The normalized spacial score (nSPS) is 13.2. The van der Waals surface area contributed by atoms with E-state index in [4.69, 9.17) is 4.98 Å². The van der Waals surface area contributed by atoms with Gasteiger partial charge >= 0.3 is 0 Å². The van der Waals surface area contributed by atoms with Gasteiger partial charge in [-0.15, -0.1) is 11.3 Å². The van der Waals surface area contributed by atoms with Gasteiger partial charge in [-0.2, -0.15) is 5.26 Å². The number of thioether (sulfide) groups is 1. The van der Waals surface area contributed by atoms with E-state index in [-0.39, 0.29) is 5.56 Å². The molecule has 0 atom stereocenters. The van der Waals surface area contributed by atoms with E-state index in [1.807, 2.05) is 55.5 Å². The first kappa shape index (κ1) is 20.0. The lowest BCUT2D eigenvalue weighted by Gasteiger charge is -2.14. The highest BCUT2D eigenvalue weighted by Gasteiger charge is 2.23. The summed E-state index contributed by atoms with van der Waals surface area (Å²) in [6.45, 7) is 2.04. The molecule has 0 amide bonds. The van der Waals surface area contributed by atoms with Crippen molar-refractivity contribution in [3.8, 4) is 11.8 Å². The second-order valence-corrected chi connectivity index (χ2v) is 9.85. The van der Waals surface area contributed by atoms with E-state index in [0.29, 0.717) is 16.5 Å². The van der Waals surface area contributed by atoms with Crippen molar-refractivity contribution in [2.45, 2.75) is 43.5 Å². The molecule has 31 heavy (non-hydrogen) atoms. The molecule has 6 heteroatoms. The molecule has 0 radical (unpaired) electrons. The maximum atomic E-state index is 13.8. The Labute approximate surface area is 189 Å². The maximum Gasteiger partial charge on any atom is 0.267 e. The van der Waals surface area contributed by atoms with Crippen LogP contribution in [-0.2, 0) is 18.6 Å². The average Bonchev–Trinajstić information content (AvgIpc) is 3.17. The van der Waals surface area contributed by atoms with Crippen LogP contribution in [0.4, 0.5) is 0 Å². The van der Waals surface area contributed by atoms with E-state index in [2.05, 4.69) is 6.07 Å². The van der Waals surface area contributed by atoms with E-state index in [9.17, 15) is 10.1 Å². The fraction of sp³-hybridized carbons (Fsp3) is 0.240. The van der Waals surface area contributed by atoms with Crippen molar-refractivity contribution in [3.05, 3.63) is 86.0 Å². The van der Waals surface area contributed by atoms with Crippen LogP contribution in [0.25, 0.3) is 15.9 Å². The van der Waals surface area contributed by atoms with E-state index in [1.165, 1.54) is 28.6 Å². The Morgan fingerprint density at radius 2 is 1.90 bits per heavy atom. The number of aromatic nitrogens is 2. The molecule has 154 valence electrons. The number of aryl methyl sites for hydroxylation is 3. The molecule has 4 nitrogen and oxygen atoms in total. The Kier molecular flexibility index (Phi) is 5.39. The minimum Gasteiger partial charge on any atom is -0.268 e. The highest BCUT2D eigenvalue weighted by Crippen LogP contribution is 2.35. The largest absolute Gasteiger partial charge is 0.268 e. The molecular formula is C25H21N3OS2. The van der Waals surface area contributed by atoms with E-state index in [0.717, 1.165) is 46.3 Å². The molecule has 0 saturated carbocycles. The Balaban J connectivity index is 1.67. The van der Waals surface area contributed by atoms with Crippen LogP contribution in [0, 0.1) is 18.3 Å². The molecule has 4 aromatic rings. The Morgan fingerprint density at radius 3 is 2.71 bits per heavy atom. The highest BCUT2D eigenvalue weighted by molar-refractivity contribution is 7.98. The molecule has 0 aliphatic heterocycles. The number of nitriles is 1. The van der Waals surface area contributed by atoms with Gasteiger partial charge in [-0.1, -0.05) is 47.7 Å². The molecule has 1 aliphatic rings. The molecule has 0 N–H and O–H groups in total. The van der Waals surface area contributed by atoms with Gasteiger partial charge in [0, 0.05) is 10.6 Å². The monoisotopic (exact) mass is 443 g/mol. The molecular weight excluding hydrogens is 422 g/mol. The summed E-state index contributed by atoms with van der Waals surface area (Å²) in [5.74, 6) is 0.582. The predicted molar refractivity (Wildman–Crippen MR) is 127 cm³/mol. The Hall–Kier alpha value is -2.88. The maximum absolute atomic E-state index is 13.8. The van der Waals surface area contributed by atoms with Gasteiger partial charge in [-0.25, -0.2) is 4.98 Å². The number of fused-ring (bicyclic) bond motifs is 3. The first-order valence-electron chi connectivity index (χ1n) is 10.4. The van der Waals surface area contributed by atoms with Gasteiger partial charge in [0.2, 0.25) is 0 Å². The lowest BCUT2D eigenvalue weighted by Crippen LogP contribution is -2.22. The topological polar surface area (TPSA) is 58.7 Å². The van der Waals surface area contributed by atoms with Crippen molar-refractivity contribution in [2.24, 2.45) is 0 Å². The molecule has 2 heterocycles. The van der Waals surface area contributed by atoms with Gasteiger partial charge in [0.1, 0.15) is 4.83 Å². The lowest BCUT2D eigenvalue weighted by atomic mass is 9.97. The zero-order valence-corrected chi connectivity index (χ0v) is 18.9. The number of hydrogen-bond donors (Lipinski definition) is 0. The molecule has 2 aromatic carbocycles. The average molecular weight is 444 g/mol.